The van der Waals surface area contributed by atoms with Gasteiger partial charge in [0, 0.05) is 12.1 Å². The number of thioether (sulfide) groups is 1. The van der Waals surface area contributed by atoms with Crippen LogP contribution < -0.4 is 19.8 Å². The lowest BCUT2D eigenvalue weighted by molar-refractivity contribution is -0.705. The number of ether oxygens (including phenoxy) is 1. The topological polar surface area (TPSA) is 91.3 Å². The van der Waals surface area contributed by atoms with Crippen LogP contribution >= 0.6 is 11.8 Å². The third-order valence-corrected chi connectivity index (χ3v) is 4.67. The second-order valence-corrected chi connectivity index (χ2v) is 6.64. The Hall–Kier alpha value is -3.00. The molecule has 2 aromatic carbocycles. The van der Waals surface area contributed by atoms with Crippen LogP contribution in [0, 0.1) is 6.92 Å². The molecular weight excluding hydrogens is 366 g/mol. The van der Waals surface area contributed by atoms with Gasteiger partial charge in [-0.1, -0.05) is 29.8 Å². The number of carbonyl (C=O) groups is 1. The van der Waals surface area contributed by atoms with Gasteiger partial charge < -0.3 is 19.7 Å². The molecule has 0 unspecified atom stereocenters. The fourth-order valence-corrected chi connectivity index (χ4v) is 3.14. The van der Waals surface area contributed by atoms with Crippen molar-refractivity contribution >= 4 is 23.4 Å². The first-order chi connectivity index (χ1) is 13.1. The molecule has 0 aliphatic rings. The highest BCUT2D eigenvalue weighted by Gasteiger charge is 2.22. The zero-order valence-electron chi connectivity index (χ0n) is 15.0. The van der Waals surface area contributed by atoms with Crippen molar-refractivity contribution in [3.63, 3.8) is 0 Å². The van der Waals surface area contributed by atoms with E-state index in [4.69, 9.17) is 9.26 Å². The Labute approximate surface area is 160 Å². The van der Waals surface area contributed by atoms with Gasteiger partial charge in [-0.25, -0.2) is 0 Å². The van der Waals surface area contributed by atoms with Crippen molar-refractivity contribution in [1.29, 1.82) is 0 Å². The molecule has 27 heavy (non-hydrogen) atoms. The van der Waals surface area contributed by atoms with Crippen LogP contribution in [-0.4, -0.2) is 23.5 Å². The predicted molar refractivity (Wildman–Crippen MR) is 99.2 cm³/mol. The molecule has 7 nitrogen and oxygen atoms in total. The van der Waals surface area contributed by atoms with Crippen LogP contribution in [-0.2, 0) is 4.79 Å². The summed E-state index contributed by atoms with van der Waals surface area (Å²) in [5.41, 5.74) is 2.37. The molecule has 0 fully saturated rings. The number of hydrogen-bond acceptors (Lipinski definition) is 6. The van der Waals surface area contributed by atoms with Crippen LogP contribution in [0.1, 0.15) is 12.5 Å². The number of benzene rings is 2. The minimum Gasteiger partial charge on any atom is -0.538 e. The zero-order valence-corrected chi connectivity index (χ0v) is 15.8. The molecule has 0 bridgehead atoms. The fourth-order valence-electron chi connectivity index (χ4n) is 2.38. The lowest BCUT2D eigenvalue weighted by Crippen LogP contribution is -2.35. The molecule has 0 radical (unpaired) electrons. The Morgan fingerprint density at radius 3 is 2.74 bits per heavy atom. The van der Waals surface area contributed by atoms with Crippen LogP contribution in [0.4, 0.5) is 5.69 Å². The molecule has 0 aliphatic heterocycles. The zero-order chi connectivity index (χ0) is 19.2. The van der Waals surface area contributed by atoms with Gasteiger partial charge in [0.15, 0.2) is 5.95 Å². The average Bonchev–Trinajstić information content (AvgIpc) is 3.03. The molecule has 3 aromatic rings. The number of carbonyl (C=O) groups excluding carboxylic acids is 1. The summed E-state index contributed by atoms with van der Waals surface area (Å²) in [5.74, 6) is -0.211. The van der Waals surface area contributed by atoms with E-state index in [1.165, 1.54) is 4.68 Å². The second kappa shape index (κ2) is 8.59. The lowest BCUT2D eigenvalue weighted by Gasteiger charge is -2.10. The molecule has 1 amide bonds. The monoisotopic (exact) mass is 385 g/mol. The predicted octanol–water partition coefficient (Wildman–Crippen LogP) is 2.46. The molecule has 0 spiro atoms. The summed E-state index contributed by atoms with van der Waals surface area (Å²) in [5, 5.41) is 18.8. The molecule has 1 aromatic heterocycles. The summed E-state index contributed by atoms with van der Waals surface area (Å²) in [6.45, 7) is 4.34. The summed E-state index contributed by atoms with van der Waals surface area (Å²) in [7, 11) is 0. The van der Waals surface area contributed by atoms with Crippen molar-refractivity contribution in [1.82, 2.24) is 5.27 Å². The molecule has 0 aliphatic carbocycles. The molecule has 1 N–H and O–H groups in total. The first-order valence-corrected chi connectivity index (χ1v) is 9.37. The molecule has 8 heteroatoms. The van der Waals surface area contributed by atoms with Crippen molar-refractivity contribution in [3.8, 4) is 17.4 Å². The molecule has 140 valence electrons. The highest BCUT2D eigenvalue weighted by atomic mass is 32.2. The smallest absolute Gasteiger partial charge is 0.298 e. The average molecular weight is 385 g/mol. The van der Waals surface area contributed by atoms with Crippen LogP contribution in [0.2, 0.25) is 0 Å². The van der Waals surface area contributed by atoms with Crippen molar-refractivity contribution in [3.05, 3.63) is 54.1 Å². The number of amides is 1. The third-order valence-electron chi connectivity index (χ3n) is 3.65. The number of nitrogens with one attached hydrogen (secondary N) is 1. The number of aryl methyl sites for hydroxylation is 1. The van der Waals surface area contributed by atoms with E-state index in [1.807, 2.05) is 50.2 Å². The molecule has 0 atom stereocenters. The lowest BCUT2D eigenvalue weighted by atomic mass is 10.2. The Bertz CT molecular complexity index is 925. The van der Waals surface area contributed by atoms with E-state index in [-0.39, 0.29) is 16.7 Å². The summed E-state index contributed by atoms with van der Waals surface area (Å²) in [4.78, 5) is 12.3. The van der Waals surface area contributed by atoms with Crippen LogP contribution in [0.25, 0.3) is 5.69 Å². The second-order valence-electron chi connectivity index (χ2n) is 5.68. The Morgan fingerprint density at radius 1 is 1.26 bits per heavy atom. The fraction of sp³-hybridized carbons (Fsp3) is 0.211. The largest absolute Gasteiger partial charge is 0.538 e. The van der Waals surface area contributed by atoms with Gasteiger partial charge in [-0.3, -0.25) is 4.79 Å². The van der Waals surface area contributed by atoms with Crippen LogP contribution in [0.15, 0.2) is 58.1 Å². The summed E-state index contributed by atoms with van der Waals surface area (Å²) < 4.78 is 11.7. The van der Waals surface area contributed by atoms with E-state index < -0.39 is 5.95 Å². The van der Waals surface area contributed by atoms with Crippen LogP contribution in [0.5, 0.6) is 11.7 Å². The van der Waals surface area contributed by atoms with Gasteiger partial charge in [0.05, 0.1) is 23.3 Å². The molecular formula is C19H19N3O4S. The SMILES string of the molecule is CCOc1ccccc1NC(=O)CSc1c([O-])on[n+]1-c1ccc(C)cc1. The van der Waals surface area contributed by atoms with Gasteiger partial charge in [0.25, 0.3) is 5.03 Å². The van der Waals surface area contributed by atoms with Crippen molar-refractivity contribution < 1.29 is 23.8 Å². The molecule has 0 saturated heterocycles. The van der Waals surface area contributed by atoms with Crippen molar-refractivity contribution in [2.45, 2.75) is 18.9 Å². The van der Waals surface area contributed by atoms with Crippen molar-refractivity contribution in [2.75, 3.05) is 17.7 Å². The van der Waals surface area contributed by atoms with Gasteiger partial charge in [0.2, 0.25) is 11.6 Å². The van der Waals surface area contributed by atoms with E-state index >= 15 is 0 Å². The maximum absolute atomic E-state index is 12.3. The minimum atomic E-state index is -0.580. The highest BCUT2D eigenvalue weighted by molar-refractivity contribution is 7.99. The number of para-hydroxylation sites is 2. The quantitative estimate of drug-likeness (QED) is 0.496. The maximum Gasteiger partial charge on any atom is 0.298 e. The number of aromatic nitrogens is 2. The number of rotatable bonds is 7. The van der Waals surface area contributed by atoms with Gasteiger partial charge in [-0.05, 0) is 42.4 Å². The van der Waals surface area contributed by atoms with E-state index in [0.717, 1.165) is 17.3 Å². The van der Waals surface area contributed by atoms with Gasteiger partial charge in [0.1, 0.15) is 5.75 Å². The van der Waals surface area contributed by atoms with Crippen LogP contribution in [0.3, 0.4) is 0 Å². The number of hydrogen-bond donors (Lipinski definition) is 1. The highest BCUT2D eigenvalue weighted by Crippen LogP contribution is 2.26. The number of nitrogens with zero attached hydrogens (tertiary/aromatic N) is 2. The van der Waals surface area contributed by atoms with E-state index in [2.05, 4.69) is 10.6 Å². The van der Waals surface area contributed by atoms with Gasteiger partial charge in [-0.2, -0.15) is 0 Å². The summed E-state index contributed by atoms with van der Waals surface area (Å²) in [6, 6.07) is 14.7. The molecule has 0 saturated carbocycles. The summed E-state index contributed by atoms with van der Waals surface area (Å²) in [6.07, 6.45) is 0. The summed E-state index contributed by atoms with van der Waals surface area (Å²) >= 11 is 1.07. The third kappa shape index (κ3) is 4.59. The Kier molecular flexibility index (Phi) is 5.97. The van der Waals surface area contributed by atoms with Gasteiger partial charge >= 0.3 is 0 Å². The van der Waals surface area contributed by atoms with Gasteiger partial charge in [-0.15, -0.1) is 0 Å². The first kappa shape index (κ1) is 18.8. The minimum absolute atomic E-state index is 0.0305. The van der Waals surface area contributed by atoms with E-state index in [0.29, 0.717) is 23.7 Å². The normalized spacial score (nSPS) is 10.6. The van der Waals surface area contributed by atoms with Crippen molar-refractivity contribution in [2.24, 2.45) is 0 Å². The first-order valence-electron chi connectivity index (χ1n) is 8.39. The number of anilines is 1. The van der Waals surface area contributed by atoms with E-state index in [9.17, 15) is 9.90 Å². The standard InChI is InChI=1S/C19H19N3O4S/c1-3-25-16-7-5-4-6-15(16)20-17(23)12-27-18-19(24)26-21-22(18)14-10-8-13(2)9-11-14/h4-11H,3,12H2,1-2H3,(H-,20,21,23,24). The Balaban J connectivity index is 1.69. The Morgan fingerprint density at radius 2 is 2.00 bits per heavy atom. The molecule has 3 rings (SSSR count). The maximum atomic E-state index is 12.3. The molecule has 1 heterocycles. The van der Waals surface area contributed by atoms with E-state index in [1.54, 1.807) is 12.1 Å².